The van der Waals surface area contributed by atoms with Crippen molar-refractivity contribution >= 4 is 23.7 Å². The second-order valence-electron chi connectivity index (χ2n) is 14.0. The summed E-state index contributed by atoms with van der Waals surface area (Å²) >= 11 is 0. The van der Waals surface area contributed by atoms with Crippen molar-refractivity contribution in [3.05, 3.63) is 47.8 Å². The Balaban J connectivity index is 1.20. The van der Waals surface area contributed by atoms with E-state index in [4.69, 9.17) is 29.4 Å². The number of hydrogen-bond donors (Lipinski definition) is 12. The number of hydrogen-bond acceptors (Lipinski definition) is 19. The van der Waals surface area contributed by atoms with E-state index in [-0.39, 0.29) is 25.5 Å². The highest BCUT2D eigenvalue weighted by atomic mass is 16.7. The van der Waals surface area contributed by atoms with Crippen LogP contribution in [-0.4, -0.2) is 185 Å². The average Bonchev–Trinajstić information content (AvgIpc) is 3.65. The predicted octanol–water partition coefficient (Wildman–Crippen LogP) is -6.71. The molecule has 5 rings (SSSR count). The number of aliphatic carboxylic acids is 1. The van der Waals surface area contributed by atoms with Gasteiger partial charge in [0.25, 0.3) is 5.91 Å². The third kappa shape index (κ3) is 11.1. The molecule has 1 aromatic heterocycles. The Morgan fingerprint density at radius 2 is 1.66 bits per heavy atom. The highest BCUT2D eigenvalue weighted by Gasteiger charge is 2.54. The first-order valence-corrected chi connectivity index (χ1v) is 18.3. The normalized spacial score (nSPS) is 34.4. The van der Waals surface area contributed by atoms with Crippen LogP contribution in [0.1, 0.15) is 24.6 Å². The van der Waals surface area contributed by atoms with Gasteiger partial charge in [-0.15, -0.1) is 5.10 Å². The SMILES string of the molecule is CC(=O)NC1C(OC2CC(O)C(O)OC2C(=O)NCc2cn(CCNC(=O)C(N)Cc3ccccc3)nn2)OC(CO)C(OC2OC(C(=O)O)C(O)C(O)C2O)C1O. The summed E-state index contributed by atoms with van der Waals surface area (Å²) in [4.78, 5) is 49.7. The number of carbonyl (C=O) groups is 4. The zero-order chi connectivity index (χ0) is 42.3. The van der Waals surface area contributed by atoms with Crippen LogP contribution < -0.4 is 21.7 Å². The number of benzene rings is 1. The van der Waals surface area contributed by atoms with E-state index in [1.807, 2.05) is 30.3 Å². The Morgan fingerprint density at radius 3 is 2.33 bits per heavy atom. The molecule has 322 valence electrons. The first kappa shape index (κ1) is 44.8. The minimum Gasteiger partial charge on any atom is -0.479 e. The maximum atomic E-state index is 13.4. The average molecular weight is 828 g/mol. The summed E-state index contributed by atoms with van der Waals surface area (Å²) in [5.74, 6) is -3.64. The molecule has 0 spiro atoms. The molecule has 2 aromatic rings. The monoisotopic (exact) mass is 827 g/mol. The molecule has 4 heterocycles. The van der Waals surface area contributed by atoms with E-state index in [1.165, 1.54) is 10.9 Å². The summed E-state index contributed by atoms with van der Waals surface area (Å²) in [5, 5.41) is 98.1. The number of nitrogens with two attached hydrogens (primary N) is 1. The van der Waals surface area contributed by atoms with E-state index in [0.717, 1.165) is 12.5 Å². The molecule has 0 radical (unpaired) electrons. The molecule has 0 aliphatic carbocycles. The summed E-state index contributed by atoms with van der Waals surface area (Å²) in [7, 11) is 0. The van der Waals surface area contributed by atoms with Crippen LogP contribution in [0, 0.1) is 0 Å². The number of carbonyl (C=O) groups excluding carboxylic acids is 3. The highest BCUT2D eigenvalue weighted by Crippen LogP contribution is 2.32. The Morgan fingerprint density at radius 1 is 0.931 bits per heavy atom. The van der Waals surface area contributed by atoms with Crippen LogP contribution in [0.3, 0.4) is 0 Å². The molecule has 15 unspecified atom stereocenters. The molecule has 13 N–H and O–H groups in total. The fourth-order valence-electron chi connectivity index (χ4n) is 6.59. The third-order valence-electron chi connectivity index (χ3n) is 9.63. The van der Waals surface area contributed by atoms with E-state index >= 15 is 0 Å². The second kappa shape index (κ2) is 20.1. The smallest absolute Gasteiger partial charge is 0.335 e. The van der Waals surface area contributed by atoms with Gasteiger partial charge in [0, 0.05) is 19.9 Å². The van der Waals surface area contributed by atoms with Crippen molar-refractivity contribution in [2.75, 3.05) is 13.2 Å². The van der Waals surface area contributed by atoms with E-state index in [2.05, 4.69) is 26.3 Å². The number of nitrogens with one attached hydrogen (secondary N) is 3. The van der Waals surface area contributed by atoms with Gasteiger partial charge in [0.2, 0.25) is 11.8 Å². The van der Waals surface area contributed by atoms with Crippen LogP contribution in [-0.2, 0) is 62.4 Å². The topological polar surface area (TPSA) is 369 Å². The third-order valence-corrected chi connectivity index (χ3v) is 9.63. The molecule has 3 saturated heterocycles. The number of carboxylic acid groups (broad SMARTS) is 1. The van der Waals surface area contributed by atoms with Crippen molar-refractivity contribution < 1.29 is 83.7 Å². The van der Waals surface area contributed by atoms with E-state index in [9.17, 15) is 60.0 Å². The summed E-state index contributed by atoms with van der Waals surface area (Å²) in [6.45, 7) is 0.381. The zero-order valence-corrected chi connectivity index (χ0v) is 31.0. The quantitative estimate of drug-likeness (QED) is 0.0748. The van der Waals surface area contributed by atoms with E-state index in [0.29, 0.717) is 12.1 Å². The Bertz CT molecular complexity index is 1690. The molecule has 1 aromatic carbocycles. The van der Waals surface area contributed by atoms with Gasteiger partial charge in [-0.05, 0) is 12.0 Å². The van der Waals surface area contributed by atoms with Gasteiger partial charge in [-0.25, -0.2) is 4.79 Å². The summed E-state index contributed by atoms with van der Waals surface area (Å²) in [6.07, 6.45) is -22.0. The Kier molecular flexibility index (Phi) is 15.5. The van der Waals surface area contributed by atoms with Crippen molar-refractivity contribution in [3.63, 3.8) is 0 Å². The van der Waals surface area contributed by atoms with Crippen molar-refractivity contribution in [2.24, 2.45) is 5.73 Å². The first-order valence-electron chi connectivity index (χ1n) is 18.3. The lowest BCUT2D eigenvalue weighted by molar-refractivity contribution is -0.352. The summed E-state index contributed by atoms with van der Waals surface area (Å²) < 4.78 is 29.3. The van der Waals surface area contributed by atoms with Crippen LogP contribution in [0.4, 0.5) is 0 Å². The number of aliphatic hydroxyl groups is 7. The lowest BCUT2D eigenvalue weighted by atomic mass is 9.95. The predicted molar refractivity (Wildman–Crippen MR) is 188 cm³/mol. The largest absolute Gasteiger partial charge is 0.479 e. The molecule has 24 heteroatoms. The molecule has 15 atom stereocenters. The van der Waals surface area contributed by atoms with Gasteiger partial charge in [-0.1, -0.05) is 35.5 Å². The summed E-state index contributed by atoms with van der Waals surface area (Å²) in [6, 6.07) is 6.98. The minimum atomic E-state index is -2.06. The number of rotatable bonds is 16. The van der Waals surface area contributed by atoms with Crippen molar-refractivity contribution in [1.29, 1.82) is 0 Å². The number of carboxylic acids is 1. The van der Waals surface area contributed by atoms with Gasteiger partial charge in [0.15, 0.2) is 31.1 Å². The number of ether oxygens (including phenoxy) is 5. The second-order valence-corrected chi connectivity index (χ2v) is 14.0. The van der Waals surface area contributed by atoms with Crippen LogP contribution in [0.2, 0.25) is 0 Å². The van der Waals surface area contributed by atoms with E-state index < -0.39 is 123 Å². The Labute approximate surface area is 329 Å². The molecule has 0 bridgehead atoms. The lowest BCUT2D eigenvalue weighted by Gasteiger charge is -2.48. The van der Waals surface area contributed by atoms with Crippen LogP contribution >= 0.6 is 0 Å². The van der Waals surface area contributed by atoms with Gasteiger partial charge in [-0.2, -0.15) is 0 Å². The summed E-state index contributed by atoms with van der Waals surface area (Å²) in [5.41, 5.74) is 7.23. The molecule has 0 saturated carbocycles. The number of aromatic nitrogens is 3. The lowest BCUT2D eigenvalue weighted by Crippen LogP contribution is -2.68. The zero-order valence-electron chi connectivity index (χ0n) is 31.0. The molecule has 24 nitrogen and oxygen atoms in total. The molecule has 3 amide bonds. The Hall–Kier alpha value is -4.28. The van der Waals surface area contributed by atoms with Gasteiger partial charge >= 0.3 is 5.97 Å². The molecule has 3 aliphatic heterocycles. The van der Waals surface area contributed by atoms with Gasteiger partial charge < -0.3 is 86.2 Å². The minimum absolute atomic E-state index is 0.182. The molecule has 3 aliphatic rings. The van der Waals surface area contributed by atoms with Crippen molar-refractivity contribution in [3.8, 4) is 0 Å². The maximum absolute atomic E-state index is 13.4. The van der Waals surface area contributed by atoms with Gasteiger partial charge in [0.1, 0.15) is 54.5 Å². The fourth-order valence-corrected chi connectivity index (χ4v) is 6.59. The van der Waals surface area contributed by atoms with Crippen molar-refractivity contribution in [1.82, 2.24) is 30.9 Å². The van der Waals surface area contributed by atoms with E-state index in [1.54, 1.807) is 0 Å². The van der Waals surface area contributed by atoms with Crippen molar-refractivity contribution in [2.45, 2.75) is 125 Å². The molecule has 3 fully saturated rings. The van der Waals surface area contributed by atoms with Gasteiger partial charge in [0.05, 0.1) is 38.0 Å². The molecular weight excluding hydrogens is 778 g/mol. The fraction of sp³-hybridized carbons (Fsp3) is 0.647. The number of nitrogens with zero attached hydrogens (tertiary/aromatic N) is 3. The number of aliphatic hydroxyl groups excluding tert-OH is 7. The standard InChI is InChI=1S/C34H49N7O17/c1-14(43)38-21-22(45)26(57-34-25(48)23(46)24(47)28(58-34)31(51)52)20(13-42)55-33(21)54-19-10-18(44)32(53)56-27(19)30(50)37-11-16-12-41(40-39-16)8-7-36-29(49)17(35)9-15-5-3-2-4-6-15/h2-6,12,17-28,32-34,42,44-48,53H,7-11,13,35H2,1H3,(H,36,49)(H,37,50)(H,38,43)(H,51,52). The molecule has 58 heavy (non-hydrogen) atoms. The van der Waals surface area contributed by atoms with Crippen LogP contribution in [0.5, 0.6) is 0 Å². The van der Waals surface area contributed by atoms with Crippen LogP contribution in [0.25, 0.3) is 0 Å². The highest BCUT2D eigenvalue weighted by molar-refractivity contribution is 5.82. The maximum Gasteiger partial charge on any atom is 0.335 e. The van der Waals surface area contributed by atoms with Gasteiger partial charge in [-0.3, -0.25) is 19.1 Å². The number of amides is 3. The molecular formula is C34H49N7O17. The van der Waals surface area contributed by atoms with Crippen LogP contribution in [0.15, 0.2) is 36.5 Å². The first-order chi connectivity index (χ1) is 27.6.